The number of ether oxygens (including phenoxy) is 1. The van der Waals surface area contributed by atoms with E-state index in [9.17, 15) is 4.79 Å². The van der Waals surface area contributed by atoms with Crippen LogP contribution in [0.3, 0.4) is 0 Å². The lowest BCUT2D eigenvalue weighted by molar-refractivity contribution is 0.0946. The van der Waals surface area contributed by atoms with Crippen molar-refractivity contribution in [3.63, 3.8) is 0 Å². The van der Waals surface area contributed by atoms with E-state index < -0.39 is 0 Å². The minimum Gasteiger partial charge on any atom is -0.497 e. The quantitative estimate of drug-likeness (QED) is 0.572. The Morgan fingerprint density at radius 3 is 2.96 bits per heavy atom. The third-order valence-corrected chi connectivity index (χ3v) is 4.55. The van der Waals surface area contributed by atoms with Crippen molar-refractivity contribution in [1.29, 1.82) is 0 Å². The van der Waals surface area contributed by atoms with Crippen molar-refractivity contribution in [3.05, 3.63) is 72.1 Å². The molecule has 0 saturated heterocycles. The number of nitrogens with one attached hydrogen (secondary N) is 2. The van der Waals surface area contributed by atoms with Crippen LogP contribution in [0, 0.1) is 6.92 Å². The number of nitrogens with zero attached hydrogens (tertiary/aromatic N) is 3. The lowest BCUT2D eigenvalue weighted by Crippen LogP contribution is -2.24. The Hall–Kier alpha value is -3.61. The fourth-order valence-electron chi connectivity index (χ4n) is 3.11. The van der Waals surface area contributed by atoms with Crippen LogP contribution in [-0.4, -0.2) is 32.5 Å². The number of aromatic amines is 1. The molecule has 4 rings (SSSR count). The maximum Gasteiger partial charge on any atom is 0.268 e. The second-order valence-corrected chi connectivity index (χ2v) is 6.18. The molecule has 27 heavy (non-hydrogen) atoms. The van der Waals surface area contributed by atoms with Crippen LogP contribution in [0.5, 0.6) is 5.75 Å². The van der Waals surface area contributed by atoms with Crippen molar-refractivity contribution in [3.8, 4) is 11.6 Å². The summed E-state index contributed by atoms with van der Waals surface area (Å²) in [4.78, 5) is 24.4. The minimum absolute atomic E-state index is 0.164. The second-order valence-electron chi connectivity index (χ2n) is 6.18. The number of H-pyrrole nitrogens is 1. The molecule has 4 aromatic rings. The van der Waals surface area contributed by atoms with Gasteiger partial charge in [-0.1, -0.05) is 6.07 Å². The van der Waals surface area contributed by atoms with Gasteiger partial charge in [-0.3, -0.25) is 9.36 Å². The van der Waals surface area contributed by atoms with Gasteiger partial charge < -0.3 is 15.0 Å². The third-order valence-electron chi connectivity index (χ3n) is 4.55. The van der Waals surface area contributed by atoms with Crippen molar-refractivity contribution in [1.82, 2.24) is 24.8 Å². The zero-order chi connectivity index (χ0) is 18.8. The summed E-state index contributed by atoms with van der Waals surface area (Å²) in [6.07, 6.45) is 6.92. The van der Waals surface area contributed by atoms with E-state index >= 15 is 0 Å². The van der Waals surface area contributed by atoms with E-state index in [0.29, 0.717) is 12.2 Å². The standard InChI is InChI=1S/C20H19N5O2/c1-13-16-10-15(27-2)5-6-17(16)24-18(13)20(26)23-11-14-4-3-7-22-19(14)25-9-8-21-12-25/h3-10,12,24H,11H2,1-2H3,(H,23,26). The number of aryl methyl sites for hydroxylation is 1. The summed E-state index contributed by atoms with van der Waals surface area (Å²) in [5.41, 5.74) is 3.24. The Morgan fingerprint density at radius 1 is 1.30 bits per heavy atom. The second kappa shape index (κ2) is 6.95. The Morgan fingerprint density at radius 2 is 2.19 bits per heavy atom. The van der Waals surface area contributed by atoms with E-state index in [1.807, 2.05) is 48.0 Å². The van der Waals surface area contributed by atoms with E-state index in [4.69, 9.17) is 4.74 Å². The summed E-state index contributed by atoms with van der Waals surface area (Å²) >= 11 is 0. The van der Waals surface area contributed by atoms with Crippen LogP contribution in [-0.2, 0) is 6.54 Å². The number of carbonyl (C=O) groups excluding carboxylic acids is 1. The first kappa shape index (κ1) is 16.8. The van der Waals surface area contributed by atoms with Gasteiger partial charge in [0.15, 0.2) is 0 Å². The van der Waals surface area contributed by atoms with Gasteiger partial charge in [0.1, 0.15) is 23.6 Å². The van der Waals surface area contributed by atoms with E-state index in [-0.39, 0.29) is 5.91 Å². The van der Waals surface area contributed by atoms with E-state index in [1.165, 1.54) is 0 Å². The molecule has 0 spiro atoms. The molecule has 0 bridgehead atoms. The normalized spacial score (nSPS) is 10.9. The van der Waals surface area contributed by atoms with Crippen molar-refractivity contribution >= 4 is 16.8 Å². The number of hydrogen-bond donors (Lipinski definition) is 2. The smallest absolute Gasteiger partial charge is 0.268 e. The number of imidazole rings is 1. The number of methoxy groups -OCH3 is 1. The maximum absolute atomic E-state index is 12.7. The molecule has 7 heteroatoms. The summed E-state index contributed by atoms with van der Waals surface area (Å²) in [5, 5.41) is 3.95. The maximum atomic E-state index is 12.7. The topological polar surface area (TPSA) is 84.8 Å². The molecule has 0 atom stereocenters. The van der Waals surface area contributed by atoms with Gasteiger partial charge in [-0.05, 0) is 36.8 Å². The molecule has 2 N–H and O–H groups in total. The van der Waals surface area contributed by atoms with Crippen molar-refractivity contribution < 1.29 is 9.53 Å². The molecule has 136 valence electrons. The largest absolute Gasteiger partial charge is 0.497 e. The van der Waals surface area contributed by atoms with Crippen LogP contribution >= 0.6 is 0 Å². The average Bonchev–Trinajstić information content (AvgIpc) is 3.34. The zero-order valence-electron chi connectivity index (χ0n) is 15.1. The van der Waals surface area contributed by atoms with Gasteiger partial charge in [0.25, 0.3) is 5.91 Å². The van der Waals surface area contributed by atoms with Gasteiger partial charge in [0.2, 0.25) is 0 Å². The SMILES string of the molecule is COc1ccc2[nH]c(C(=O)NCc3cccnc3-n3ccnc3)c(C)c2c1. The molecular formula is C20H19N5O2. The summed E-state index contributed by atoms with van der Waals surface area (Å²) in [5.74, 6) is 1.34. The highest BCUT2D eigenvalue weighted by Gasteiger charge is 2.16. The van der Waals surface area contributed by atoms with Crippen LogP contribution in [0.15, 0.2) is 55.2 Å². The number of amides is 1. The van der Waals surface area contributed by atoms with Gasteiger partial charge in [-0.2, -0.15) is 0 Å². The van der Waals surface area contributed by atoms with E-state index in [2.05, 4.69) is 20.3 Å². The number of hydrogen-bond acceptors (Lipinski definition) is 4. The predicted octanol–water partition coefficient (Wildman–Crippen LogP) is 3.00. The molecule has 0 aliphatic rings. The van der Waals surface area contributed by atoms with Gasteiger partial charge in [0, 0.05) is 41.6 Å². The molecule has 0 aliphatic carbocycles. The average molecular weight is 361 g/mol. The van der Waals surface area contributed by atoms with Crippen LogP contribution in [0.4, 0.5) is 0 Å². The van der Waals surface area contributed by atoms with Crippen LogP contribution in [0.2, 0.25) is 0 Å². The summed E-state index contributed by atoms with van der Waals surface area (Å²) in [7, 11) is 1.63. The molecule has 3 heterocycles. The number of fused-ring (bicyclic) bond motifs is 1. The first-order valence-corrected chi connectivity index (χ1v) is 8.54. The van der Waals surface area contributed by atoms with Gasteiger partial charge in [-0.15, -0.1) is 0 Å². The van der Waals surface area contributed by atoms with Crippen LogP contribution in [0.1, 0.15) is 21.6 Å². The highest BCUT2D eigenvalue weighted by Crippen LogP contribution is 2.26. The lowest BCUT2D eigenvalue weighted by Gasteiger charge is -2.10. The zero-order valence-corrected chi connectivity index (χ0v) is 15.1. The summed E-state index contributed by atoms with van der Waals surface area (Å²) < 4.78 is 7.09. The Bertz CT molecular complexity index is 1100. The first-order chi connectivity index (χ1) is 13.2. The number of rotatable bonds is 5. The van der Waals surface area contributed by atoms with Gasteiger partial charge in [-0.25, -0.2) is 9.97 Å². The van der Waals surface area contributed by atoms with Crippen LogP contribution in [0.25, 0.3) is 16.7 Å². The molecule has 0 fully saturated rings. The first-order valence-electron chi connectivity index (χ1n) is 8.54. The van der Waals surface area contributed by atoms with Crippen molar-refractivity contribution in [2.75, 3.05) is 7.11 Å². The van der Waals surface area contributed by atoms with Crippen LogP contribution < -0.4 is 10.1 Å². The van der Waals surface area contributed by atoms with Crippen molar-refractivity contribution in [2.45, 2.75) is 13.5 Å². The highest BCUT2D eigenvalue weighted by molar-refractivity contribution is 6.01. The van der Waals surface area contributed by atoms with E-state index in [0.717, 1.165) is 33.6 Å². The fraction of sp³-hybridized carbons (Fsp3) is 0.150. The highest BCUT2D eigenvalue weighted by atomic mass is 16.5. The molecular weight excluding hydrogens is 342 g/mol. The number of carbonyl (C=O) groups is 1. The Labute approximate surface area is 156 Å². The predicted molar refractivity (Wildman–Crippen MR) is 102 cm³/mol. The molecule has 0 unspecified atom stereocenters. The summed E-state index contributed by atoms with van der Waals surface area (Å²) in [6.45, 7) is 2.28. The van der Waals surface area contributed by atoms with E-state index in [1.54, 1.807) is 25.8 Å². The fourth-order valence-corrected chi connectivity index (χ4v) is 3.11. The molecule has 1 aromatic carbocycles. The third kappa shape index (κ3) is 3.15. The molecule has 3 aromatic heterocycles. The monoisotopic (exact) mass is 361 g/mol. The molecule has 1 amide bonds. The molecule has 0 radical (unpaired) electrons. The Kier molecular flexibility index (Phi) is 4.33. The molecule has 0 saturated carbocycles. The number of benzene rings is 1. The van der Waals surface area contributed by atoms with Crippen molar-refractivity contribution in [2.24, 2.45) is 0 Å². The van der Waals surface area contributed by atoms with Gasteiger partial charge >= 0.3 is 0 Å². The Balaban J connectivity index is 1.57. The molecule has 0 aliphatic heterocycles. The molecule has 7 nitrogen and oxygen atoms in total. The minimum atomic E-state index is -0.164. The summed E-state index contributed by atoms with van der Waals surface area (Å²) in [6, 6.07) is 9.49. The number of aromatic nitrogens is 4. The lowest BCUT2D eigenvalue weighted by atomic mass is 10.1. The number of pyridine rings is 1. The van der Waals surface area contributed by atoms with Gasteiger partial charge in [0.05, 0.1) is 7.11 Å².